The normalized spacial score (nSPS) is 15.3. The Hall–Kier alpha value is -3.41. The van der Waals surface area contributed by atoms with Gasteiger partial charge >= 0.3 is 6.18 Å². The first-order valence-corrected chi connectivity index (χ1v) is 12.2. The number of halogens is 4. The average Bonchev–Trinajstić information content (AvgIpc) is 2.89. The first kappa shape index (κ1) is 24.3. The van der Waals surface area contributed by atoms with Gasteiger partial charge in [0.1, 0.15) is 0 Å². The molecule has 1 heterocycles. The first-order chi connectivity index (χ1) is 17.4. The van der Waals surface area contributed by atoms with Crippen molar-refractivity contribution in [3.05, 3.63) is 135 Å². The number of hydrogen-bond donors (Lipinski definition) is 1. The Morgan fingerprint density at radius 3 is 2.14 bits per heavy atom. The van der Waals surface area contributed by atoms with Gasteiger partial charge in [-0.15, -0.1) is 0 Å². The van der Waals surface area contributed by atoms with Crippen LogP contribution in [0.25, 0.3) is 0 Å². The van der Waals surface area contributed by atoms with Gasteiger partial charge in [-0.1, -0.05) is 84.4 Å². The predicted molar refractivity (Wildman–Crippen MR) is 139 cm³/mol. The molecule has 0 radical (unpaired) electrons. The van der Waals surface area contributed by atoms with Gasteiger partial charge in [0.2, 0.25) is 0 Å². The van der Waals surface area contributed by atoms with Crippen LogP contribution in [0.3, 0.4) is 0 Å². The largest absolute Gasteiger partial charge is 0.416 e. The molecule has 4 aromatic rings. The molecule has 0 amide bonds. The van der Waals surface area contributed by atoms with E-state index in [1.165, 1.54) is 11.6 Å². The topological polar surface area (TPSA) is 24.4 Å². The molecule has 0 fully saturated rings. The van der Waals surface area contributed by atoms with Crippen LogP contribution >= 0.6 is 11.6 Å². The zero-order valence-corrected chi connectivity index (χ0v) is 20.2. The molecule has 0 spiro atoms. The molecule has 36 heavy (non-hydrogen) atoms. The zero-order valence-electron chi connectivity index (χ0n) is 19.4. The third-order valence-electron chi connectivity index (χ3n) is 6.43. The van der Waals surface area contributed by atoms with Gasteiger partial charge in [0, 0.05) is 22.2 Å². The summed E-state index contributed by atoms with van der Waals surface area (Å²) in [5, 5.41) is 3.63. The molecule has 4 aromatic carbocycles. The molecule has 1 atom stereocenters. The molecule has 182 valence electrons. The number of hydrogen-bond acceptors (Lipinski definition) is 2. The SMILES string of the molecule is FC(F)(F)c1ccc(CC2NCCc3cc(N=C(c4ccccc4)c4ccccc4)ccc32)c(Cl)c1. The highest BCUT2D eigenvalue weighted by Gasteiger charge is 2.31. The van der Waals surface area contributed by atoms with E-state index in [2.05, 4.69) is 41.7 Å². The van der Waals surface area contributed by atoms with E-state index in [4.69, 9.17) is 16.6 Å². The van der Waals surface area contributed by atoms with Gasteiger partial charge in [-0.2, -0.15) is 13.2 Å². The molecule has 6 heteroatoms. The summed E-state index contributed by atoms with van der Waals surface area (Å²) in [6.07, 6.45) is -3.05. The van der Waals surface area contributed by atoms with Gasteiger partial charge in [0.15, 0.2) is 0 Å². The molecule has 0 saturated carbocycles. The van der Waals surface area contributed by atoms with E-state index in [-0.39, 0.29) is 11.1 Å². The van der Waals surface area contributed by atoms with Crippen LogP contribution in [-0.4, -0.2) is 12.3 Å². The summed E-state index contributed by atoms with van der Waals surface area (Å²) in [5.74, 6) is 0. The molecule has 1 N–H and O–H groups in total. The number of benzene rings is 4. The fourth-order valence-corrected chi connectivity index (χ4v) is 4.87. The number of aliphatic imine (C=N–C) groups is 1. The Bertz CT molecular complexity index is 1340. The molecule has 1 aliphatic rings. The number of alkyl halides is 3. The third-order valence-corrected chi connectivity index (χ3v) is 6.78. The molecule has 0 saturated heterocycles. The standard InChI is InChI=1S/C30H24ClF3N2/c31-27-19-24(30(32,33)34)12-11-23(27)18-28-26-14-13-25(17-22(26)15-16-35-28)36-29(20-7-3-1-4-8-20)21-9-5-2-6-10-21/h1-14,17,19,28,35H,15-16,18H2. The molecule has 0 aromatic heterocycles. The number of fused-ring (bicyclic) bond motifs is 1. The van der Waals surface area contributed by atoms with Crippen LogP contribution in [0, 0.1) is 0 Å². The maximum absolute atomic E-state index is 13.0. The van der Waals surface area contributed by atoms with Crippen LogP contribution in [0.1, 0.15) is 39.4 Å². The molecule has 0 bridgehead atoms. The molecule has 1 aliphatic heterocycles. The van der Waals surface area contributed by atoms with Crippen molar-refractivity contribution < 1.29 is 13.2 Å². The average molecular weight is 505 g/mol. The maximum Gasteiger partial charge on any atom is 0.416 e. The van der Waals surface area contributed by atoms with Gasteiger partial charge < -0.3 is 5.32 Å². The van der Waals surface area contributed by atoms with E-state index >= 15 is 0 Å². The van der Waals surface area contributed by atoms with Crippen LogP contribution in [0.5, 0.6) is 0 Å². The van der Waals surface area contributed by atoms with Gasteiger partial charge in [0.25, 0.3) is 0 Å². The van der Waals surface area contributed by atoms with Crippen molar-refractivity contribution in [1.29, 1.82) is 0 Å². The smallest absolute Gasteiger partial charge is 0.309 e. The Morgan fingerprint density at radius 2 is 1.53 bits per heavy atom. The Labute approximate surface area is 213 Å². The van der Waals surface area contributed by atoms with Crippen LogP contribution in [0.4, 0.5) is 18.9 Å². The van der Waals surface area contributed by atoms with E-state index < -0.39 is 11.7 Å². The third kappa shape index (κ3) is 5.38. The fraction of sp³-hybridized carbons (Fsp3) is 0.167. The Balaban J connectivity index is 1.45. The molecule has 2 nitrogen and oxygen atoms in total. The lowest BCUT2D eigenvalue weighted by atomic mass is 9.89. The monoisotopic (exact) mass is 504 g/mol. The Morgan fingerprint density at radius 1 is 0.861 bits per heavy atom. The van der Waals surface area contributed by atoms with E-state index in [1.54, 1.807) is 0 Å². The first-order valence-electron chi connectivity index (χ1n) is 11.8. The Kier molecular flexibility index (Phi) is 6.95. The van der Waals surface area contributed by atoms with Gasteiger partial charge in [-0.25, -0.2) is 4.99 Å². The van der Waals surface area contributed by atoms with Gasteiger partial charge in [-0.05, 0) is 60.3 Å². The number of rotatable bonds is 5. The minimum atomic E-state index is -4.41. The minimum Gasteiger partial charge on any atom is -0.309 e. The van der Waals surface area contributed by atoms with Crippen LogP contribution < -0.4 is 5.32 Å². The summed E-state index contributed by atoms with van der Waals surface area (Å²) >= 11 is 6.24. The molecule has 5 rings (SSSR count). The second-order valence-corrected chi connectivity index (χ2v) is 9.25. The summed E-state index contributed by atoms with van der Waals surface area (Å²) < 4.78 is 39.1. The molecular weight excluding hydrogens is 481 g/mol. The van der Waals surface area contributed by atoms with Gasteiger partial charge in [-0.3, -0.25) is 0 Å². The van der Waals surface area contributed by atoms with Crippen LogP contribution in [-0.2, 0) is 19.0 Å². The lowest BCUT2D eigenvalue weighted by Crippen LogP contribution is -2.31. The number of nitrogens with one attached hydrogen (secondary N) is 1. The second-order valence-electron chi connectivity index (χ2n) is 8.84. The van der Waals surface area contributed by atoms with Crippen molar-refractivity contribution in [2.75, 3.05) is 6.54 Å². The van der Waals surface area contributed by atoms with Crippen LogP contribution in [0.2, 0.25) is 5.02 Å². The summed E-state index contributed by atoms with van der Waals surface area (Å²) in [6.45, 7) is 0.771. The van der Waals surface area contributed by atoms with Crippen molar-refractivity contribution in [3.8, 4) is 0 Å². The van der Waals surface area contributed by atoms with Crippen LogP contribution in [0.15, 0.2) is 102 Å². The highest BCUT2D eigenvalue weighted by Crippen LogP contribution is 2.35. The van der Waals surface area contributed by atoms with E-state index in [0.29, 0.717) is 12.0 Å². The van der Waals surface area contributed by atoms with E-state index in [9.17, 15) is 13.2 Å². The summed E-state index contributed by atoms with van der Waals surface area (Å²) in [6, 6.07) is 29.9. The van der Waals surface area contributed by atoms with E-state index in [1.807, 2.05) is 42.5 Å². The zero-order chi connectivity index (χ0) is 25.1. The molecule has 0 aliphatic carbocycles. The highest BCUT2D eigenvalue weighted by molar-refractivity contribution is 6.31. The van der Waals surface area contributed by atoms with Crippen molar-refractivity contribution in [2.24, 2.45) is 4.99 Å². The van der Waals surface area contributed by atoms with Crippen molar-refractivity contribution in [1.82, 2.24) is 5.32 Å². The summed E-state index contributed by atoms with van der Waals surface area (Å²) in [7, 11) is 0. The minimum absolute atomic E-state index is 0.0382. The maximum atomic E-state index is 13.0. The number of nitrogens with zero attached hydrogens (tertiary/aromatic N) is 1. The van der Waals surface area contributed by atoms with E-state index in [0.717, 1.165) is 53.2 Å². The van der Waals surface area contributed by atoms with Crippen molar-refractivity contribution >= 4 is 23.0 Å². The second kappa shape index (κ2) is 10.3. The van der Waals surface area contributed by atoms with Gasteiger partial charge in [0.05, 0.1) is 17.0 Å². The summed E-state index contributed by atoms with van der Waals surface area (Å²) in [4.78, 5) is 5.03. The lowest BCUT2D eigenvalue weighted by molar-refractivity contribution is -0.137. The quantitative estimate of drug-likeness (QED) is 0.274. The lowest BCUT2D eigenvalue weighted by Gasteiger charge is -2.28. The molecule has 1 unspecified atom stereocenters. The highest BCUT2D eigenvalue weighted by atomic mass is 35.5. The summed E-state index contributed by atoms with van der Waals surface area (Å²) in [5.41, 5.74) is 6.11. The predicted octanol–water partition coefficient (Wildman–Crippen LogP) is 7.96. The van der Waals surface area contributed by atoms with Crippen molar-refractivity contribution in [2.45, 2.75) is 25.1 Å². The fourth-order valence-electron chi connectivity index (χ4n) is 4.62. The molecular formula is C30H24ClF3N2. The van der Waals surface area contributed by atoms with Crippen molar-refractivity contribution in [3.63, 3.8) is 0 Å².